The largest absolute Gasteiger partial charge is 0.480 e. The van der Waals surface area contributed by atoms with E-state index in [1.807, 2.05) is 28.5 Å². The van der Waals surface area contributed by atoms with Gasteiger partial charge in [-0.15, -0.1) is 11.3 Å². The van der Waals surface area contributed by atoms with Crippen molar-refractivity contribution in [2.45, 2.75) is 38.3 Å². The summed E-state index contributed by atoms with van der Waals surface area (Å²) in [6, 6.07) is 6.22. The molecule has 21 heavy (non-hydrogen) atoms. The lowest BCUT2D eigenvalue weighted by Gasteiger charge is -2.25. The zero-order chi connectivity index (χ0) is 14.7. The van der Waals surface area contributed by atoms with Crippen molar-refractivity contribution in [2.24, 2.45) is 0 Å². The van der Waals surface area contributed by atoms with E-state index in [1.54, 1.807) is 11.3 Å². The summed E-state index contributed by atoms with van der Waals surface area (Å²) in [6.07, 6.45) is 4.51. The van der Waals surface area contributed by atoms with Crippen molar-refractivity contribution >= 4 is 17.3 Å². The molecular weight excluding hydrogens is 288 g/mol. The molecule has 1 saturated carbocycles. The van der Waals surface area contributed by atoms with Crippen LogP contribution in [-0.2, 0) is 11.3 Å². The Kier molecular flexibility index (Phi) is 4.36. The third-order valence-electron chi connectivity index (χ3n) is 3.87. The van der Waals surface area contributed by atoms with E-state index in [-0.39, 0.29) is 6.54 Å². The third-order valence-corrected chi connectivity index (χ3v) is 4.75. The molecule has 0 aromatic carbocycles. The lowest BCUT2D eigenvalue weighted by molar-refractivity contribution is -0.139. The molecule has 1 N–H and O–H groups in total. The van der Waals surface area contributed by atoms with Crippen LogP contribution in [0.3, 0.4) is 0 Å². The highest BCUT2D eigenvalue weighted by Gasteiger charge is 2.25. The maximum absolute atomic E-state index is 11.1. The molecule has 0 saturated heterocycles. The Balaban J connectivity index is 1.71. The second-order valence-electron chi connectivity index (χ2n) is 5.40. The highest BCUT2D eigenvalue weighted by molar-refractivity contribution is 7.13. The Morgan fingerprint density at radius 3 is 2.95 bits per heavy atom. The minimum Gasteiger partial charge on any atom is -0.480 e. The van der Waals surface area contributed by atoms with Crippen LogP contribution in [-0.4, -0.2) is 33.7 Å². The van der Waals surface area contributed by atoms with Crippen molar-refractivity contribution in [3.05, 3.63) is 29.3 Å². The Labute approximate surface area is 127 Å². The van der Waals surface area contributed by atoms with E-state index in [4.69, 9.17) is 9.63 Å². The molecule has 2 aromatic rings. The summed E-state index contributed by atoms with van der Waals surface area (Å²) < 4.78 is 5.36. The van der Waals surface area contributed by atoms with Gasteiger partial charge in [0.25, 0.3) is 0 Å². The minimum atomic E-state index is -0.788. The number of hydrogen-bond acceptors (Lipinski definition) is 5. The van der Waals surface area contributed by atoms with Crippen LogP contribution in [0.2, 0.25) is 0 Å². The first kappa shape index (κ1) is 14.3. The van der Waals surface area contributed by atoms with Crippen LogP contribution < -0.4 is 0 Å². The van der Waals surface area contributed by atoms with Gasteiger partial charge in [-0.1, -0.05) is 24.1 Å². The number of hydrogen-bond donors (Lipinski definition) is 1. The molecule has 2 aromatic heterocycles. The molecule has 112 valence electrons. The zero-order valence-electron chi connectivity index (χ0n) is 11.7. The number of aromatic nitrogens is 1. The topological polar surface area (TPSA) is 66.6 Å². The van der Waals surface area contributed by atoms with Crippen LogP contribution in [0, 0.1) is 0 Å². The third kappa shape index (κ3) is 3.51. The first-order valence-electron chi connectivity index (χ1n) is 7.17. The number of nitrogens with zero attached hydrogens (tertiary/aromatic N) is 2. The molecule has 0 atom stereocenters. The minimum absolute atomic E-state index is 0.0614. The Bertz CT molecular complexity index is 588. The molecule has 0 aliphatic heterocycles. The monoisotopic (exact) mass is 306 g/mol. The van der Waals surface area contributed by atoms with Crippen molar-refractivity contribution in [3.8, 4) is 10.6 Å². The Hall–Kier alpha value is -1.66. The van der Waals surface area contributed by atoms with Crippen LogP contribution in [0.25, 0.3) is 10.6 Å². The summed E-state index contributed by atoms with van der Waals surface area (Å²) in [5.41, 5.74) is 0.798. The van der Waals surface area contributed by atoms with Gasteiger partial charge in [-0.2, -0.15) is 0 Å². The lowest BCUT2D eigenvalue weighted by Crippen LogP contribution is -2.37. The number of rotatable bonds is 6. The average molecular weight is 306 g/mol. The SMILES string of the molecule is O=C(O)CN(Cc1cc(-c2cccs2)on1)C1CCCC1. The summed E-state index contributed by atoms with van der Waals surface area (Å²) in [7, 11) is 0. The average Bonchev–Trinajstić information content (AvgIpc) is 3.20. The lowest BCUT2D eigenvalue weighted by atomic mass is 10.2. The first-order chi connectivity index (χ1) is 10.2. The maximum atomic E-state index is 11.1. The van der Waals surface area contributed by atoms with E-state index in [2.05, 4.69) is 5.16 Å². The van der Waals surface area contributed by atoms with E-state index in [9.17, 15) is 4.79 Å². The molecule has 0 amide bonds. The second kappa shape index (κ2) is 6.41. The molecule has 0 spiro atoms. The van der Waals surface area contributed by atoms with Crippen molar-refractivity contribution in [3.63, 3.8) is 0 Å². The summed E-state index contributed by atoms with van der Waals surface area (Å²) in [6.45, 7) is 0.595. The highest BCUT2D eigenvalue weighted by Crippen LogP contribution is 2.27. The fourth-order valence-corrected chi connectivity index (χ4v) is 3.56. The van der Waals surface area contributed by atoms with E-state index in [1.165, 1.54) is 12.8 Å². The Morgan fingerprint density at radius 1 is 1.48 bits per heavy atom. The zero-order valence-corrected chi connectivity index (χ0v) is 12.5. The number of carboxylic acid groups (broad SMARTS) is 1. The molecule has 6 heteroatoms. The van der Waals surface area contributed by atoms with Gasteiger partial charge in [-0.3, -0.25) is 9.69 Å². The van der Waals surface area contributed by atoms with Crippen molar-refractivity contribution in [1.29, 1.82) is 0 Å². The predicted molar refractivity (Wildman–Crippen MR) is 80.1 cm³/mol. The first-order valence-corrected chi connectivity index (χ1v) is 8.05. The van der Waals surface area contributed by atoms with Gasteiger partial charge in [-0.05, 0) is 24.3 Å². The molecule has 1 fully saturated rings. The molecule has 5 nitrogen and oxygen atoms in total. The van der Waals surface area contributed by atoms with Crippen LogP contribution in [0.4, 0.5) is 0 Å². The quantitative estimate of drug-likeness (QED) is 0.887. The smallest absolute Gasteiger partial charge is 0.317 e. The predicted octanol–water partition coefficient (Wildman–Crippen LogP) is 3.23. The summed E-state index contributed by atoms with van der Waals surface area (Å²) >= 11 is 1.60. The van der Waals surface area contributed by atoms with Crippen LogP contribution in [0.5, 0.6) is 0 Å². The van der Waals surface area contributed by atoms with Crippen molar-refractivity contribution < 1.29 is 14.4 Å². The molecule has 3 rings (SSSR count). The molecule has 0 bridgehead atoms. The van der Waals surface area contributed by atoms with Crippen LogP contribution >= 0.6 is 11.3 Å². The molecule has 0 radical (unpaired) electrons. The summed E-state index contributed by atoms with van der Waals surface area (Å²) in [5.74, 6) is -0.0365. The van der Waals surface area contributed by atoms with Gasteiger partial charge >= 0.3 is 5.97 Å². The maximum Gasteiger partial charge on any atom is 0.317 e. The fourth-order valence-electron chi connectivity index (χ4n) is 2.89. The van der Waals surface area contributed by atoms with E-state index in [0.29, 0.717) is 12.6 Å². The van der Waals surface area contributed by atoms with E-state index in [0.717, 1.165) is 29.2 Å². The molecule has 0 unspecified atom stereocenters. The molecule has 2 heterocycles. The normalized spacial score (nSPS) is 15.9. The summed E-state index contributed by atoms with van der Waals surface area (Å²) in [4.78, 5) is 14.1. The number of carboxylic acids is 1. The van der Waals surface area contributed by atoms with Crippen molar-refractivity contribution in [1.82, 2.24) is 10.1 Å². The van der Waals surface area contributed by atoms with E-state index >= 15 is 0 Å². The van der Waals surface area contributed by atoms with Gasteiger partial charge in [0.15, 0.2) is 5.76 Å². The Morgan fingerprint density at radius 2 is 2.29 bits per heavy atom. The van der Waals surface area contributed by atoms with Gasteiger partial charge in [0, 0.05) is 18.7 Å². The number of carbonyl (C=O) groups is 1. The van der Waals surface area contributed by atoms with Gasteiger partial charge < -0.3 is 9.63 Å². The number of aliphatic carboxylic acids is 1. The van der Waals surface area contributed by atoms with Gasteiger partial charge in [-0.25, -0.2) is 0 Å². The fraction of sp³-hybridized carbons (Fsp3) is 0.467. The summed E-state index contributed by atoms with van der Waals surface area (Å²) in [5, 5.41) is 15.2. The van der Waals surface area contributed by atoms with E-state index < -0.39 is 5.97 Å². The molecular formula is C15H18N2O3S. The molecule has 1 aliphatic carbocycles. The van der Waals surface area contributed by atoms with Crippen LogP contribution in [0.1, 0.15) is 31.4 Å². The standard InChI is InChI=1S/C15H18N2O3S/c18-15(19)10-17(12-4-1-2-5-12)9-11-8-13(20-16-11)14-6-3-7-21-14/h3,6-8,12H,1-2,4-5,9-10H2,(H,18,19). The van der Waals surface area contributed by atoms with Gasteiger partial charge in [0.05, 0.1) is 17.1 Å². The second-order valence-corrected chi connectivity index (χ2v) is 6.34. The van der Waals surface area contributed by atoms with Crippen molar-refractivity contribution in [2.75, 3.05) is 6.54 Å². The van der Waals surface area contributed by atoms with Gasteiger partial charge in [0.1, 0.15) is 0 Å². The number of thiophene rings is 1. The van der Waals surface area contributed by atoms with Gasteiger partial charge in [0.2, 0.25) is 0 Å². The highest BCUT2D eigenvalue weighted by atomic mass is 32.1. The molecule has 1 aliphatic rings. The van der Waals surface area contributed by atoms with Crippen LogP contribution in [0.15, 0.2) is 28.1 Å².